The Hall–Kier alpha value is -2.36. The van der Waals surface area contributed by atoms with Gasteiger partial charge in [-0.15, -0.1) is 5.10 Å². The van der Waals surface area contributed by atoms with E-state index in [4.69, 9.17) is 7.85 Å². The number of anilines is 1. The second kappa shape index (κ2) is 5.80. The number of aromatic nitrogens is 2. The van der Waals surface area contributed by atoms with Crippen LogP contribution in [0.15, 0.2) is 36.4 Å². The van der Waals surface area contributed by atoms with Gasteiger partial charge in [0.2, 0.25) is 0 Å². The quantitative estimate of drug-likeness (QED) is 0.753. The second-order valence-corrected chi connectivity index (χ2v) is 5.65. The molecule has 1 aromatic heterocycles. The van der Waals surface area contributed by atoms with Gasteiger partial charge in [0.15, 0.2) is 5.82 Å². The lowest BCUT2D eigenvalue weighted by atomic mass is 9.93. The maximum atomic E-state index is 5.92. The van der Waals surface area contributed by atoms with Crippen LogP contribution in [0.4, 0.5) is 5.82 Å². The molecule has 3 rings (SSSR count). The minimum atomic E-state index is 0.717. The highest BCUT2D eigenvalue weighted by molar-refractivity contribution is 6.33. The van der Waals surface area contributed by atoms with Gasteiger partial charge < -0.3 is 5.32 Å². The molecule has 0 aliphatic rings. The molecule has 0 saturated heterocycles. The standard InChI is InChI=1S/C18H18BN3/c1-11-5-4-6-14(12(11)2)10-20-18-17-9-15(19)7-8-16(17)13(3)21-22-18/h4-9H,10H2,1-3H3,(H,20,22). The molecule has 0 fully saturated rings. The number of fused-ring (bicyclic) bond motifs is 1. The van der Waals surface area contributed by atoms with E-state index in [1.165, 1.54) is 16.7 Å². The van der Waals surface area contributed by atoms with Crippen LogP contribution in [-0.4, -0.2) is 18.0 Å². The number of hydrogen-bond acceptors (Lipinski definition) is 3. The molecule has 0 spiro atoms. The van der Waals surface area contributed by atoms with E-state index >= 15 is 0 Å². The van der Waals surface area contributed by atoms with Crippen molar-refractivity contribution in [1.82, 2.24) is 10.2 Å². The van der Waals surface area contributed by atoms with Gasteiger partial charge >= 0.3 is 0 Å². The molecule has 0 aliphatic carbocycles. The first-order valence-corrected chi connectivity index (χ1v) is 7.38. The van der Waals surface area contributed by atoms with Gasteiger partial charge in [-0.05, 0) is 37.5 Å². The Morgan fingerprint density at radius 2 is 1.82 bits per heavy atom. The lowest BCUT2D eigenvalue weighted by Gasteiger charge is -2.12. The summed E-state index contributed by atoms with van der Waals surface area (Å²) in [4.78, 5) is 0. The topological polar surface area (TPSA) is 37.8 Å². The molecule has 0 aliphatic heterocycles. The Kier molecular flexibility index (Phi) is 3.84. The summed E-state index contributed by atoms with van der Waals surface area (Å²) in [6.45, 7) is 6.94. The Bertz CT molecular complexity index is 843. The third-order valence-corrected chi connectivity index (χ3v) is 4.15. The van der Waals surface area contributed by atoms with Crippen LogP contribution in [0.5, 0.6) is 0 Å². The fourth-order valence-corrected chi connectivity index (χ4v) is 2.62. The summed E-state index contributed by atoms with van der Waals surface area (Å²) >= 11 is 0. The molecule has 0 unspecified atom stereocenters. The van der Waals surface area contributed by atoms with Crippen molar-refractivity contribution in [3.63, 3.8) is 0 Å². The van der Waals surface area contributed by atoms with Crippen LogP contribution in [0.2, 0.25) is 0 Å². The molecule has 2 aromatic carbocycles. The van der Waals surface area contributed by atoms with Gasteiger partial charge in [-0.3, -0.25) is 0 Å². The van der Waals surface area contributed by atoms with Crippen molar-refractivity contribution >= 4 is 29.9 Å². The summed E-state index contributed by atoms with van der Waals surface area (Å²) in [5.74, 6) is 0.772. The normalized spacial score (nSPS) is 10.9. The maximum absolute atomic E-state index is 5.92. The first-order chi connectivity index (χ1) is 10.6. The Morgan fingerprint density at radius 3 is 2.64 bits per heavy atom. The largest absolute Gasteiger partial charge is 0.364 e. The van der Waals surface area contributed by atoms with Crippen molar-refractivity contribution in [2.75, 3.05) is 5.32 Å². The fraction of sp³-hybridized carbons (Fsp3) is 0.222. The van der Waals surface area contributed by atoms with Crippen molar-refractivity contribution in [2.24, 2.45) is 0 Å². The van der Waals surface area contributed by atoms with Crippen LogP contribution in [0.3, 0.4) is 0 Å². The van der Waals surface area contributed by atoms with E-state index in [0.717, 1.165) is 34.3 Å². The monoisotopic (exact) mass is 287 g/mol. The third-order valence-electron chi connectivity index (χ3n) is 4.15. The van der Waals surface area contributed by atoms with Gasteiger partial charge in [0.1, 0.15) is 7.85 Å². The van der Waals surface area contributed by atoms with Crippen LogP contribution in [0, 0.1) is 20.8 Å². The molecule has 0 bridgehead atoms. The molecule has 3 aromatic rings. The number of nitrogens with one attached hydrogen (secondary N) is 1. The molecule has 1 heterocycles. The highest BCUT2D eigenvalue weighted by Crippen LogP contribution is 2.22. The molecule has 2 radical (unpaired) electrons. The van der Waals surface area contributed by atoms with E-state index in [1.54, 1.807) is 0 Å². The zero-order chi connectivity index (χ0) is 15.7. The fourth-order valence-electron chi connectivity index (χ4n) is 2.62. The zero-order valence-electron chi connectivity index (χ0n) is 13.1. The molecule has 0 saturated carbocycles. The van der Waals surface area contributed by atoms with Crippen molar-refractivity contribution in [1.29, 1.82) is 0 Å². The van der Waals surface area contributed by atoms with Crippen molar-refractivity contribution in [3.05, 3.63) is 58.8 Å². The number of benzene rings is 2. The lowest BCUT2D eigenvalue weighted by molar-refractivity contribution is 0.979. The Balaban J connectivity index is 1.96. The number of aryl methyl sites for hydroxylation is 2. The molecule has 3 nitrogen and oxygen atoms in total. The molecule has 1 N–H and O–H groups in total. The number of hydrogen-bond donors (Lipinski definition) is 1. The van der Waals surface area contributed by atoms with Crippen LogP contribution < -0.4 is 10.8 Å². The molecular weight excluding hydrogens is 269 g/mol. The average Bonchev–Trinajstić information content (AvgIpc) is 2.50. The summed E-state index contributed by atoms with van der Waals surface area (Å²) < 4.78 is 0. The summed E-state index contributed by atoms with van der Waals surface area (Å²) in [5.41, 5.74) is 5.50. The minimum Gasteiger partial charge on any atom is -0.364 e. The van der Waals surface area contributed by atoms with Gasteiger partial charge in [0.25, 0.3) is 0 Å². The molecule has 0 atom stereocenters. The van der Waals surface area contributed by atoms with E-state index in [-0.39, 0.29) is 0 Å². The summed E-state index contributed by atoms with van der Waals surface area (Å²) in [7, 11) is 5.92. The van der Waals surface area contributed by atoms with E-state index < -0.39 is 0 Å². The number of nitrogens with zero attached hydrogens (tertiary/aromatic N) is 2. The minimum absolute atomic E-state index is 0.717. The number of rotatable bonds is 3. The smallest absolute Gasteiger partial charge is 0.156 e. The van der Waals surface area contributed by atoms with Gasteiger partial charge in [0.05, 0.1) is 5.69 Å². The summed E-state index contributed by atoms with van der Waals surface area (Å²) in [6, 6.07) is 12.2. The van der Waals surface area contributed by atoms with Gasteiger partial charge in [-0.1, -0.05) is 41.9 Å². The molecular formula is C18H18BN3. The van der Waals surface area contributed by atoms with E-state index in [2.05, 4.69) is 47.6 Å². The van der Waals surface area contributed by atoms with Crippen LogP contribution in [0.1, 0.15) is 22.4 Å². The summed E-state index contributed by atoms with van der Waals surface area (Å²) in [5, 5.41) is 14.0. The highest BCUT2D eigenvalue weighted by atomic mass is 15.2. The van der Waals surface area contributed by atoms with Crippen molar-refractivity contribution < 1.29 is 0 Å². The molecule has 108 valence electrons. The molecule has 4 heteroatoms. The SMILES string of the molecule is [B]c1ccc2c(C)nnc(NCc3cccc(C)c3C)c2c1. The predicted octanol–water partition coefficient (Wildman–Crippen LogP) is 2.96. The molecule has 0 amide bonds. The van der Waals surface area contributed by atoms with E-state index in [1.807, 2.05) is 25.1 Å². The summed E-state index contributed by atoms with van der Waals surface area (Å²) in [6.07, 6.45) is 0. The first-order valence-electron chi connectivity index (χ1n) is 7.38. The zero-order valence-corrected chi connectivity index (χ0v) is 13.1. The maximum Gasteiger partial charge on any atom is 0.156 e. The highest BCUT2D eigenvalue weighted by Gasteiger charge is 2.08. The lowest BCUT2D eigenvalue weighted by Crippen LogP contribution is -2.08. The van der Waals surface area contributed by atoms with Crippen molar-refractivity contribution in [3.8, 4) is 0 Å². The Morgan fingerprint density at radius 1 is 1.00 bits per heavy atom. The Labute approximate surface area is 132 Å². The van der Waals surface area contributed by atoms with Crippen LogP contribution in [0.25, 0.3) is 10.8 Å². The molecule has 22 heavy (non-hydrogen) atoms. The van der Waals surface area contributed by atoms with Crippen LogP contribution >= 0.6 is 0 Å². The van der Waals surface area contributed by atoms with E-state index in [9.17, 15) is 0 Å². The second-order valence-electron chi connectivity index (χ2n) is 5.65. The van der Waals surface area contributed by atoms with Gasteiger partial charge in [0, 0.05) is 17.3 Å². The third kappa shape index (κ3) is 2.69. The van der Waals surface area contributed by atoms with Crippen LogP contribution in [-0.2, 0) is 6.54 Å². The van der Waals surface area contributed by atoms with E-state index in [0.29, 0.717) is 0 Å². The predicted molar refractivity (Wildman–Crippen MR) is 92.9 cm³/mol. The van der Waals surface area contributed by atoms with Crippen molar-refractivity contribution in [2.45, 2.75) is 27.3 Å². The van der Waals surface area contributed by atoms with Gasteiger partial charge in [-0.25, -0.2) is 0 Å². The first kappa shape index (κ1) is 14.6. The average molecular weight is 287 g/mol. The van der Waals surface area contributed by atoms with Gasteiger partial charge in [-0.2, -0.15) is 5.10 Å².